The maximum Gasteiger partial charge on any atom is 0.255 e. The summed E-state index contributed by atoms with van der Waals surface area (Å²) in [5.41, 5.74) is 8.86. The SMILES string of the molecule is CC(C)N(C(=O)c1cnc([C@H](Cc2cc(F)cc(F)c2)[C@@H](O)CNC2CCCc3ccccc32)c(C(N)=O)c1)C(C)C. The number of amides is 2. The van der Waals surface area contributed by atoms with Crippen molar-refractivity contribution < 1.29 is 23.5 Å². The van der Waals surface area contributed by atoms with Gasteiger partial charge in [-0.3, -0.25) is 14.6 Å². The highest BCUT2D eigenvalue weighted by molar-refractivity contribution is 5.99. The quantitative estimate of drug-likeness (QED) is 0.294. The number of rotatable bonds is 11. The zero-order chi connectivity index (χ0) is 30.6. The van der Waals surface area contributed by atoms with Crippen LogP contribution < -0.4 is 11.1 Å². The summed E-state index contributed by atoms with van der Waals surface area (Å²) in [6.45, 7) is 7.73. The van der Waals surface area contributed by atoms with Gasteiger partial charge in [-0.2, -0.15) is 0 Å². The van der Waals surface area contributed by atoms with E-state index in [-0.39, 0.29) is 53.8 Å². The van der Waals surface area contributed by atoms with Crippen molar-refractivity contribution in [2.75, 3.05) is 6.54 Å². The van der Waals surface area contributed by atoms with Gasteiger partial charge in [0.05, 0.1) is 22.9 Å². The molecule has 1 unspecified atom stereocenters. The van der Waals surface area contributed by atoms with E-state index in [0.29, 0.717) is 5.56 Å². The van der Waals surface area contributed by atoms with E-state index in [0.717, 1.165) is 25.3 Å². The molecule has 224 valence electrons. The first-order valence-corrected chi connectivity index (χ1v) is 14.5. The third kappa shape index (κ3) is 7.20. The van der Waals surface area contributed by atoms with Crippen molar-refractivity contribution in [1.29, 1.82) is 0 Å². The minimum Gasteiger partial charge on any atom is -0.391 e. The van der Waals surface area contributed by atoms with Crippen molar-refractivity contribution >= 4 is 11.8 Å². The van der Waals surface area contributed by atoms with E-state index in [4.69, 9.17) is 5.73 Å². The van der Waals surface area contributed by atoms with Crippen molar-refractivity contribution in [2.45, 2.75) is 83.5 Å². The second-order valence-electron chi connectivity index (χ2n) is 11.6. The monoisotopic (exact) mass is 578 g/mol. The lowest BCUT2D eigenvalue weighted by Gasteiger charge is -2.31. The molecule has 3 atom stereocenters. The average Bonchev–Trinajstić information content (AvgIpc) is 2.93. The number of halogens is 2. The molecule has 1 heterocycles. The molecule has 0 spiro atoms. The van der Waals surface area contributed by atoms with E-state index in [1.54, 1.807) is 4.90 Å². The second-order valence-corrected chi connectivity index (χ2v) is 11.6. The van der Waals surface area contributed by atoms with E-state index in [1.165, 1.54) is 35.5 Å². The Hall–Kier alpha value is -3.69. The van der Waals surface area contributed by atoms with Gasteiger partial charge >= 0.3 is 0 Å². The number of aryl methyl sites for hydroxylation is 1. The van der Waals surface area contributed by atoms with Gasteiger partial charge in [-0.15, -0.1) is 0 Å². The number of aliphatic hydroxyl groups is 1. The number of pyridine rings is 1. The topological polar surface area (TPSA) is 109 Å². The van der Waals surface area contributed by atoms with Crippen LogP contribution in [0.25, 0.3) is 0 Å². The van der Waals surface area contributed by atoms with Crippen molar-refractivity contribution in [3.63, 3.8) is 0 Å². The lowest BCUT2D eigenvalue weighted by molar-refractivity contribution is 0.0643. The highest BCUT2D eigenvalue weighted by Gasteiger charge is 2.31. The first-order valence-electron chi connectivity index (χ1n) is 14.5. The van der Waals surface area contributed by atoms with Gasteiger partial charge in [-0.25, -0.2) is 8.78 Å². The Bertz CT molecular complexity index is 1400. The molecule has 2 aromatic carbocycles. The molecule has 9 heteroatoms. The van der Waals surface area contributed by atoms with Gasteiger partial charge in [0.1, 0.15) is 11.6 Å². The number of fused-ring (bicyclic) bond motifs is 1. The van der Waals surface area contributed by atoms with Crippen LogP contribution in [0.2, 0.25) is 0 Å². The predicted octanol–water partition coefficient (Wildman–Crippen LogP) is 5.07. The van der Waals surface area contributed by atoms with E-state index in [2.05, 4.69) is 22.4 Å². The lowest BCUT2D eigenvalue weighted by Crippen LogP contribution is -2.42. The van der Waals surface area contributed by atoms with Gasteiger partial charge in [0.2, 0.25) is 0 Å². The van der Waals surface area contributed by atoms with Crippen LogP contribution in [0.3, 0.4) is 0 Å². The van der Waals surface area contributed by atoms with E-state index in [9.17, 15) is 23.5 Å². The number of nitrogens with one attached hydrogen (secondary N) is 1. The van der Waals surface area contributed by atoms with Crippen LogP contribution in [-0.4, -0.2) is 51.5 Å². The van der Waals surface area contributed by atoms with Crippen LogP contribution in [0.4, 0.5) is 8.78 Å². The summed E-state index contributed by atoms with van der Waals surface area (Å²) in [6.07, 6.45) is 3.16. The van der Waals surface area contributed by atoms with Gasteiger partial charge < -0.3 is 21.1 Å². The van der Waals surface area contributed by atoms with Crippen molar-refractivity contribution in [3.05, 3.63) is 99.9 Å². The number of primary amides is 1. The summed E-state index contributed by atoms with van der Waals surface area (Å²) < 4.78 is 28.2. The molecule has 7 nitrogen and oxygen atoms in total. The average molecular weight is 579 g/mol. The molecule has 42 heavy (non-hydrogen) atoms. The van der Waals surface area contributed by atoms with E-state index in [1.807, 2.05) is 39.8 Å². The number of benzene rings is 2. The predicted molar refractivity (Wildman–Crippen MR) is 158 cm³/mol. The summed E-state index contributed by atoms with van der Waals surface area (Å²) in [6, 6.07) is 12.6. The van der Waals surface area contributed by atoms with Gasteiger partial charge in [-0.1, -0.05) is 24.3 Å². The molecular weight excluding hydrogens is 538 g/mol. The Morgan fingerprint density at radius 3 is 2.38 bits per heavy atom. The molecule has 0 saturated carbocycles. The molecule has 4 N–H and O–H groups in total. The van der Waals surface area contributed by atoms with Gasteiger partial charge in [0.25, 0.3) is 11.8 Å². The number of hydrogen-bond acceptors (Lipinski definition) is 5. The Kier molecular flexibility index (Phi) is 10.1. The van der Waals surface area contributed by atoms with Crippen LogP contribution in [0, 0.1) is 11.6 Å². The fourth-order valence-electron chi connectivity index (χ4n) is 6.07. The Labute approximate surface area is 246 Å². The Morgan fingerprint density at radius 1 is 1.07 bits per heavy atom. The summed E-state index contributed by atoms with van der Waals surface area (Å²) in [5, 5.41) is 15.0. The zero-order valence-electron chi connectivity index (χ0n) is 24.6. The normalized spacial score (nSPS) is 16.3. The molecule has 4 rings (SSSR count). The first kappa shape index (κ1) is 31.3. The number of nitrogens with two attached hydrogens (primary N) is 1. The van der Waals surface area contributed by atoms with Crippen molar-refractivity contribution in [1.82, 2.24) is 15.2 Å². The largest absolute Gasteiger partial charge is 0.391 e. The molecule has 0 saturated heterocycles. The highest BCUT2D eigenvalue weighted by Crippen LogP contribution is 2.31. The molecule has 1 aliphatic carbocycles. The molecule has 0 aliphatic heterocycles. The zero-order valence-corrected chi connectivity index (χ0v) is 24.6. The molecule has 0 radical (unpaired) electrons. The van der Waals surface area contributed by atoms with Crippen LogP contribution in [0.15, 0.2) is 54.7 Å². The van der Waals surface area contributed by atoms with E-state index < -0.39 is 29.6 Å². The maximum absolute atomic E-state index is 14.1. The Morgan fingerprint density at radius 2 is 1.74 bits per heavy atom. The number of aromatic nitrogens is 1. The van der Waals surface area contributed by atoms with Crippen LogP contribution in [0.5, 0.6) is 0 Å². The number of carbonyl (C=O) groups excluding carboxylic acids is 2. The Balaban J connectivity index is 1.69. The van der Waals surface area contributed by atoms with Gasteiger partial charge in [-0.05, 0) is 88.3 Å². The first-order chi connectivity index (χ1) is 20.0. The molecule has 3 aromatic rings. The fraction of sp³-hybridized carbons (Fsp3) is 0.424. The summed E-state index contributed by atoms with van der Waals surface area (Å²) in [5.74, 6) is -3.47. The van der Waals surface area contributed by atoms with Crippen LogP contribution in [0.1, 0.15) is 95.6 Å². The standard InChI is InChI=1S/C33H40F2N4O3/c1-19(2)39(20(3)4)33(42)23-15-28(32(36)41)31(38-17-23)27(14-21-12-24(34)16-25(35)13-21)30(40)18-37-29-11-7-9-22-8-5-6-10-26(22)29/h5-6,8,10,12-13,15-17,19-20,27,29-30,37,40H,7,9,11,14,18H2,1-4H3,(H2,36,41)/t27-,29?,30+/m1/s1. The molecular formula is C33H40F2N4O3. The third-order valence-corrected chi connectivity index (χ3v) is 7.91. The molecule has 1 aromatic heterocycles. The minimum absolute atomic E-state index is 0.0104. The smallest absolute Gasteiger partial charge is 0.255 e. The van der Waals surface area contributed by atoms with Crippen LogP contribution >= 0.6 is 0 Å². The number of hydrogen-bond donors (Lipinski definition) is 3. The van der Waals surface area contributed by atoms with Crippen molar-refractivity contribution in [2.24, 2.45) is 5.73 Å². The van der Waals surface area contributed by atoms with Gasteiger partial charge in [0.15, 0.2) is 0 Å². The lowest BCUT2D eigenvalue weighted by atomic mass is 9.85. The summed E-state index contributed by atoms with van der Waals surface area (Å²) >= 11 is 0. The fourth-order valence-corrected chi connectivity index (χ4v) is 6.07. The molecule has 0 bridgehead atoms. The highest BCUT2D eigenvalue weighted by atomic mass is 19.1. The van der Waals surface area contributed by atoms with Crippen molar-refractivity contribution in [3.8, 4) is 0 Å². The third-order valence-electron chi connectivity index (χ3n) is 7.91. The second kappa shape index (κ2) is 13.5. The van der Waals surface area contributed by atoms with Crippen LogP contribution in [-0.2, 0) is 12.8 Å². The number of aliphatic hydroxyl groups excluding tert-OH is 1. The number of nitrogens with zero attached hydrogens (tertiary/aromatic N) is 2. The number of carbonyl (C=O) groups is 2. The molecule has 1 aliphatic rings. The van der Waals surface area contributed by atoms with Gasteiger partial charge in [0, 0.05) is 42.9 Å². The summed E-state index contributed by atoms with van der Waals surface area (Å²) in [7, 11) is 0. The molecule has 2 amide bonds. The minimum atomic E-state index is -1.10. The maximum atomic E-state index is 14.1. The summed E-state index contributed by atoms with van der Waals surface area (Å²) in [4.78, 5) is 32.2. The van der Waals surface area contributed by atoms with E-state index >= 15 is 0 Å². The molecule has 0 fully saturated rings.